The monoisotopic (exact) mass is 407 g/mol. The molecule has 28 heavy (non-hydrogen) atoms. The van der Waals surface area contributed by atoms with Crippen LogP contribution in [0.5, 0.6) is 0 Å². The Balaban J connectivity index is 2.11. The van der Waals surface area contributed by atoms with Gasteiger partial charge in [-0.05, 0) is 24.5 Å². The maximum absolute atomic E-state index is 13.9. The lowest BCUT2D eigenvalue weighted by atomic mass is 10.0. The van der Waals surface area contributed by atoms with Crippen LogP contribution in [0.15, 0.2) is 18.2 Å². The average Bonchev–Trinajstić information content (AvgIpc) is 2.92. The number of hydrogen-bond donors (Lipinski definition) is 2. The molecule has 2 N–H and O–H groups in total. The van der Waals surface area contributed by atoms with Gasteiger partial charge in [0.05, 0.1) is 0 Å². The van der Waals surface area contributed by atoms with E-state index in [9.17, 15) is 36.3 Å². The van der Waals surface area contributed by atoms with Gasteiger partial charge in [0.2, 0.25) is 11.8 Å². The summed E-state index contributed by atoms with van der Waals surface area (Å²) in [7, 11) is 0. The summed E-state index contributed by atoms with van der Waals surface area (Å²) >= 11 is 0. The maximum atomic E-state index is 13.9. The number of alkyl halides is 3. The highest BCUT2D eigenvalue weighted by molar-refractivity contribution is 6.02. The van der Waals surface area contributed by atoms with E-state index in [0.717, 1.165) is 23.1 Å². The Morgan fingerprint density at radius 2 is 1.75 bits per heavy atom. The lowest BCUT2D eigenvalue weighted by molar-refractivity contribution is -0.175. The molecule has 0 saturated carbocycles. The van der Waals surface area contributed by atoms with Gasteiger partial charge in [-0.15, -0.1) is 0 Å². The number of anilines is 1. The summed E-state index contributed by atoms with van der Waals surface area (Å²) in [6, 6.07) is 0.347. The van der Waals surface area contributed by atoms with Crippen molar-refractivity contribution in [3.8, 4) is 0 Å². The molecule has 1 aliphatic heterocycles. The number of para-hydroxylation sites is 1. The van der Waals surface area contributed by atoms with E-state index in [4.69, 9.17) is 0 Å². The lowest BCUT2D eigenvalue weighted by Crippen LogP contribution is -2.55. The largest absolute Gasteiger partial charge is 0.471 e. The number of nitrogens with zero attached hydrogens (tertiary/aromatic N) is 1. The predicted molar refractivity (Wildman–Crippen MR) is 88.1 cm³/mol. The van der Waals surface area contributed by atoms with Gasteiger partial charge in [0.25, 0.3) is 0 Å². The molecule has 0 unspecified atom stereocenters. The number of hydrogen-bond acceptors (Lipinski definition) is 3. The topological polar surface area (TPSA) is 78.5 Å². The third kappa shape index (κ3) is 4.57. The molecule has 2 rings (SSSR count). The number of amides is 3. The van der Waals surface area contributed by atoms with Crippen LogP contribution >= 0.6 is 0 Å². The maximum Gasteiger partial charge on any atom is 0.471 e. The van der Waals surface area contributed by atoms with Crippen molar-refractivity contribution in [3.63, 3.8) is 0 Å². The summed E-state index contributed by atoms with van der Waals surface area (Å²) in [4.78, 5) is 36.7. The summed E-state index contributed by atoms with van der Waals surface area (Å²) in [6.45, 7) is 2.74. The minimum Gasteiger partial charge on any atom is -0.342 e. The lowest BCUT2D eigenvalue weighted by Gasteiger charge is -2.24. The Morgan fingerprint density at radius 1 is 1.18 bits per heavy atom. The van der Waals surface area contributed by atoms with Gasteiger partial charge in [0.1, 0.15) is 29.4 Å². The van der Waals surface area contributed by atoms with Crippen LogP contribution in [0.4, 0.5) is 27.6 Å². The third-order valence-corrected chi connectivity index (χ3v) is 4.22. The molecular weight excluding hydrogens is 389 g/mol. The molecule has 1 aliphatic rings. The van der Waals surface area contributed by atoms with Gasteiger partial charge in [-0.2, -0.15) is 13.2 Å². The van der Waals surface area contributed by atoms with Crippen LogP contribution in [0.25, 0.3) is 0 Å². The zero-order valence-electron chi connectivity index (χ0n) is 14.9. The van der Waals surface area contributed by atoms with Gasteiger partial charge >= 0.3 is 12.1 Å². The smallest absolute Gasteiger partial charge is 0.342 e. The van der Waals surface area contributed by atoms with Crippen molar-refractivity contribution in [2.75, 3.05) is 11.4 Å². The number of rotatable bonds is 5. The molecule has 1 saturated heterocycles. The van der Waals surface area contributed by atoms with Crippen LogP contribution in [0.3, 0.4) is 0 Å². The molecule has 2 atom stereocenters. The fraction of sp³-hybridized carbons (Fsp3) is 0.471. The highest BCUT2D eigenvalue weighted by atomic mass is 19.4. The van der Waals surface area contributed by atoms with Crippen LogP contribution < -0.4 is 15.5 Å². The van der Waals surface area contributed by atoms with Crippen molar-refractivity contribution >= 4 is 23.4 Å². The molecule has 1 aromatic rings. The molecule has 0 bridgehead atoms. The van der Waals surface area contributed by atoms with Crippen molar-refractivity contribution < 1.29 is 36.3 Å². The molecule has 0 aromatic heterocycles. The Hall–Kier alpha value is -2.72. The van der Waals surface area contributed by atoms with Gasteiger partial charge in [-0.25, -0.2) is 8.78 Å². The Morgan fingerprint density at radius 3 is 2.25 bits per heavy atom. The average molecular weight is 407 g/mol. The van der Waals surface area contributed by atoms with Crippen molar-refractivity contribution in [2.24, 2.45) is 5.92 Å². The van der Waals surface area contributed by atoms with Gasteiger partial charge in [0.15, 0.2) is 0 Å². The summed E-state index contributed by atoms with van der Waals surface area (Å²) in [5.41, 5.74) is -0.560. The summed E-state index contributed by atoms with van der Waals surface area (Å²) in [6.07, 6.45) is -5.17. The van der Waals surface area contributed by atoms with Crippen LogP contribution in [0, 0.1) is 17.6 Å². The standard InChI is InChI=1S/C17H18F5N3O3/c1-8(2)12(24-16(28)17(20,21)22)14(26)23-11-6-7-25(15(11)27)13-9(18)4-3-5-10(13)19/h3-5,8,11-12H,6-7H2,1-2H3,(H,23,26)(H,24,28)/t11-,12+/m1/s1. The highest BCUT2D eigenvalue weighted by Gasteiger charge is 2.42. The van der Waals surface area contributed by atoms with Gasteiger partial charge in [0, 0.05) is 6.54 Å². The zero-order chi connectivity index (χ0) is 21.2. The first-order valence-electron chi connectivity index (χ1n) is 8.37. The normalized spacial score (nSPS) is 18.4. The Bertz CT molecular complexity index is 762. The van der Waals surface area contributed by atoms with E-state index < -0.39 is 59.2 Å². The van der Waals surface area contributed by atoms with Crippen LogP contribution in [-0.4, -0.2) is 42.5 Å². The number of carbonyl (C=O) groups is 3. The third-order valence-electron chi connectivity index (χ3n) is 4.22. The van der Waals surface area contributed by atoms with Crippen molar-refractivity contribution in [3.05, 3.63) is 29.8 Å². The predicted octanol–water partition coefficient (Wildman–Crippen LogP) is 1.89. The molecule has 0 spiro atoms. The summed E-state index contributed by atoms with van der Waals surface area (Å²) < 4.78 is 65.1. The minimum atomic E-state index is -5.17. The second-order valence-corrected chi connectivity index (χ2v) is 6.60. The molecule has 6 nitrogen and oxygen atoms in total. The quantitative estimate of drug-likeness (QED) is 0.732. The Labute approximate surface area is 157 Å². The fourth-order valence-corrected chi connectivity index (χ4v) is 2.80. The molecule has 3 amide bonds. The number of nitrogens with one attached hydrogen (secondary N) is 2. The SMILES string of the molecule is CC(C)[C@H](NC(=O)C(F)(F)F)C(=O)N[C@@H]1CCN(c2c(F)cccc2F)C1=O. The van der Waals surface area contributed by atoms with Crippen LogP contribution in [0.1, 0.15) is 20.3 Å². The van der Waals surface area contributed by atoms with E-state index in [1.807, 2.05) is 0 Å². The van der Waals surface area contributed by atoms with Crippen molar-refractivity contribution in [1.29, 1.82) is 0 Å². The van der Waals surface area contributed by atoms with Crippen molar-refractivity contribution in [1.82, 2.24) is 10.6 Å². The minimum absolute atomic E-state index is 0.00359. The van der Waals surface area contributed by atoms with E-state index in [1.165, 1.54) is 13.8 Å². The summed E-state index contributed by atoms with van der Waals surface area (Å²) in [5.74, 6) is -6.71. The van der Waals surface area contributed by atoms with Crippen LogP contribution in [-0.2, 0) is 14.4 Å². The first kappa shape index (κ1) is 21.6. The number of halogens is 5. The van der Waals surface area contributed by atoms with E-state index in [2.05, 4.69) is 5.32 Å². The number of benzene rings is 1. The second kappa shape index (κ2) is 8.11. The Kier molecular flexibility index (Phi) is 6.25. The number of carbonyl (C=O) groups excluding carboxylic acids is 3. The van der Waals surface area contributed by atoms with E-state index in [-0.39, 0.29) is 13.0 Å². The molecule has 1 aromatic carbocycles. The summed E-state index contributed by atoms with van der Waals surface area (Å²) in [5, 5.41) is 3.83. The van der Waals surface area contributed by atoms with Gasteiger partial charge in [-0.1, -0.05) is 19.9 Å². The highest BCUT2D eigenvalue weighted by Crippen LogP contribution is 2.27. The molecule has 154 valence electrons. The molecule has 0 radical (unpaired) electrons. The van der Waals surface area contributed by atoms with E-state index in [0.29, 0.717) is 0 Å². The van der Waals surface area contributed by atoms with Gasteiger partial charge in [-0.3, -0.25) is 14.4 Å². The second-order valence-electron chi connectivity index (χ2n) is 6.60. The molecule has 1 heterocycles. The van der Waals surface area contributed by atoms with E-state index >= 15 is 0 Å². The first-order chi connectivity index (χ1) is 12.9. The molecule has 11 heteroatoms. The van der Waals surface area contributed by atoms with Crippen LogP contribution in [0.2, 0.25) is 0 Å². The molecule has 0 aliphatic carbocycles. The zero-order valence-corrected chi connectivity index (χ0v) is 14.9. The molecule has 1 fully saturated rings. The van der Waals surface area contributed by atoms with Gasteiger partial charge < -0.3 is 15.5 Å². The van der Waals surface area contributed by atoms with Crippen molar-refractivity contribution in [2.45, 2.75) is 38.5 Å². The first-order valence-corrected chi connectivity index (χ1v) is 8.37. The fourth-order valence-electron chi connectivity index (χ4n) is 2.80. The van der Waals surface area contributed by atoms with E-state index in [1.54, 1.807) is 5.32 Å². The molecular formula is C17H18F5N3O3.